The lowest BCUT2D eigenvalue weighted by Crippen LogP contribution is -2.17. The summed E-state index contributed by atoms with van der Waals surface area (Å²) in [5, 5.41) is 9.35. The van der Waals surface area contributed by atoms with Crippen molar-refractivity contribution >= 4 is 17.0 Å². The van der Waals surface area contributed by atoms with Gasteiger partial charge in [-0.1, -0.05) is 19.9 Å². The lowest BCUT2D eigenvalue weighted by molar-refractivity contribution is -0.139. The Bertz CT molecular complexity index is 626. The van der Waals surface area contributed by atoms with Crippen LogP contribution < -0.4 is 0 Å². The summed E-state index contributed by atoms with van der Waals surface area (Å²) in [5.41, 5.74) is 2.85. The van der Waals surface area contributed by atoms with Gasteiger partial charge in [-0.05, 0) is 36.5 Å². The molecule has 1 aliphatic carbocycles. The predicted molar refractivity (Wildman–Crippen MR) is 73.2 cm³/mol. The average molecular weight is 258 g/mol. The fourth-order valence-corrected chi connectivity index (χ4v) is 2.70. The van der Waals surface area contributed by atoms with Gasteiger partial charge in [0.2, 0.25) is 0 Å². The summed E-state index contributed by atoms with van der Waals surface area (Å²) in [4.78, 5) is 15.8. The molecule has 3 rings (SSSR count). The molecule has 1 N–H and O–H groups in total. The zero-order valence-corrected chi connectivity index (χ0v) is 11.2. The van der Waals surface area contributed by atoms with Crippen LogP contribution in [0.2, 0.25) is 0 Å². The van der Waals surface area contributed by atoms with Gasteiger partial charge in [0.15, 0.2) is 0 Å². The van der Waals surface area contributed by atoms with Crippen LogP contribution in [-0.4, -0.2) is 20.6 Å². The van der Waals surface area contributed by atoms with E-state index in [9.17, 15) is 9.90 Å². The van der Waals surface area contributed by atoms with Gasteiger partial charge in [-0.2, -0.15) is 0 Å². The lowest BCUT2D eigenvalue weighted by Gasteiger charge is -2.16. The van der Waals surface area contributed by atoms with Crippen molar-refractivity contribution in [3.63, 3.8) is 0 Å². The molecule has 4 heteroatoms. The topological polar surface area (TPSA) is 55.1 Å². The van der Waals surface area contributed by atoms with E-state index in [1.807, 2.05) is 38.4 Å². The minimum absolute atomic E-state index is 0.0699. The molecule has 1 unspecified atom stereocenters. The first-order valence-corrected chi connectivity index (χ1v) is 6.77. The second kappa shape index (κ2) is 4.37. The molecular weight excluding hydrogens is 240 g/mol. The SMILES string of the molecule is CC(C)C(C(=O)O)c1ccc2c(c1)ncn2C1CC1. The van der Waals surface area contributed by atoms with Gasteiger partial charge in [0, 0.05) is 6.04 Å². The van der Waals surface area contributed by atoms with Gasteiger partial charge < -0.3 is 9.67 Å². The maximum Gasteiger partial charge on any atom is 0.311 e. The molecule has 1 saturated carbocycles. The van der Waals surface area contributed by atoms with Gasteiger partial charge in [-0.25, -0.2) is 4.98 Å². The van der Waals surface area contributed by atoms with Crippen LogP contribution in [0.5, 0.6) is 0 Å². The van der Waals surface area contributed by atoms with Crippen LogP contribution in [0.4, 0.5) is 0 Å². The van der Waals surface area contributed by atoms with Crippen molar-refractivity contribution in [3.8, 4) is 0 Å². The monoisotopic (exact) mass is 258 g/mol. The Morgan fingerprint density at radius 1 is 1.42 bits per heavy atom. The highest BCUT2D eigenvalue weighted by Crippen LogP contribution is 2.37. The number of benzene rings is 1. The third kappa shape index (κ3) is 2.11. The number of fused-ring (bicyclic) bond motifs is 1. The highest BCUT2D eigenvalue weighted by Gasteiger charge is 2.27. The number of hydrogen-bond donors (Lipinski definition) is 1. The van der Waals surface area contributed by atoms with Crippen LogP contribution in [0.3, 0.4) is 0 Å². The fraction of sp³-hybridized carbons (Fsp3) is 0.467. The molecular formula is C15H18N2O2. The van der Waals surface area contributed by atoms with E-state index in [2.05, 4.69) is 9.55 Å². The first-order valence-electron chi connectivity index (χ1n) is 6.77. The van der Waals surface area contributed by atoms with E-state index in [4.69, 9.17) is 0 Å². The summed E-state index contributed by atoms with van der Waals surface area (Å²) in [6.07, 6.45) is 4.31. The van der Waals surface area contributed by atoms with E-state index in [0.29, 0.717) is 6.04 Å². The third-order valence-corrected chi connectivity index (χ3v) is 3.83. The largest absolute Gasteiger partial charge is 0.481 e. The molecule has 100 valence electrons. The van der Waals surface area contributed by atoms with Crippen LogP contribution in [0.15, 0.2) is 24.5 Å². The second-order valence-electron chi connectivity index (χ2n) is 5.69. The molecule has 1 fully saturated rings. The molecule has 0 spiro atoms. The molecule has 1 aromatic carbocycles. The molecule has 0 bridgehead atoms. The highest BCUT2D eigenvalue weighted by atomic mass is 16.4. The predicted octanol–water partition coefficient (Wildman–Crippen LogP) is 3.20. The van der Waals surface area contributed by atoms with E-state index in [0.717, 1.165) is 16.6 Å². The van der Waals surface area contributed by atoms with Crippen molar-refractivity contribution in [2.24, 2.45) is 5.92 Å². The molecule has 1 heterocycles. The minimum Gasteiger partial charge on any atom is -0.481 e. The Morgan fingerprint density at radius 2 is 2.16 bits per heavy atom. The smallest absolute Gasteiger partial charge is 0.311 e. The fourth-order valence-electron chi connectivity index (χ4n) is 2.70. The lowest BCUT2D eigenvalue weighted by atomic mass is 9.88. The van der Waals surface area contributed by atoms with E-state index in [-0.39, 0.29) is 5.92 Å². The summed E-state index contributed by atoms with van der Waals surface area (Å²) < 4.78 is 2.20. The molecule has 19 heavy (non-hydrogen) atoms. The molecule has 0 radical (unpaired) electrons. The molecule has 0 saturated heterocycles. The standard InChI is InChI=1S/C15H18N2O2/c1-9(2)14(15(18)19)10-3-6-13-12(7-10)16-8-17(13)11-4-5-11/h3,6-9,11,14H,4-5H2,1-2H3,(H,18,19). The van der Waals surface area contributed by atoms with Gasteiger partial charge in [-0.15, -0.1) is 0 Å². The summed E-state index contributed by atoms with van der Waals surface area (Å²) in [5.74, 6) is -1.16. The molecule has 2 aromatic rings. The van der Waals surface area contributed by atoms with E-state index in [1.165, 1.54) is 12.8 Å². The number of imidazole rings is 1. The van der Waals surface area contributed by atoms with Gasteiger partial charge in [0.25, 0.3) is 0 Å². The number of hydrogen-bond acceptors (Lipinski definition) is 2. The zero-order chi connectivity index (χ0) is 13.6. The van der Waals surface area contributed by atoms with Crippen LogP contribution in [0.1, 0.15) is 44.2 Å². The minimum atomic E-state index is -0.768. The van der Waals surface area contributed by atoms with Crippen molar-refractivity contribution in [3.05, 3.63) is 30.1 Å². The van der Waals surface area contributed by atoms with E-state index >= 15 is 0 Å². The average Bonchev–Trinajstić information content (AvgIpc) is 3.09. The summed E-state index contributed by atoms with van der Waals surface area (Å²) in [6.45, 7) is 3.87. The molecule has 1 aromatic heterocycles. The van der Waals surface area contributed by atoms with Gasteiger partial charge >= 0.3 is 5.97 Å². The number of rotatable bonds is 4. The van der Waals surface area contributed by atoms with E-state index < -0.39 is 11.9 Å². The number of carboxylic acids is 1. The Kier molecular flexibility index (Phi) is 2.81. The number of aliphatic carboxylic acids is 1. The maximum absolute atomic E-state index is 11.4. The number of carbonyl (C=O) groups is 1. The number of carboxylic acid groups (broad SMARTS) is 1. The van der Waals surface area contributed by atoms with Gasteiger partial charge in [0.05, 0.1) is 23.3 Å². The van der Waals surface area contributed by atoms with Crippen molar-refractivity contribution in [1.82, 2.24) is 9.55 Å². The van der Waals surface area contributed by atoms with Gasteiger partial charge in [0.1, 0.15) is 0 Å². The molecule has 0 amide bonds. The van der Waals surface area contributed by atoms with Crippen LogP contribution in [-0.2, 0) is 4.79 Å². The van der Waals surface area contributed by atoms with Crippen molar-refractivity contribution in [2.75, 3.05) is 0 Å². The first-order chi connectivity index (χ1) is 9.08. The van der Waals surface area contributed by atoms with Crippen LogP contribution in [0.25, 0.3) is 11.0 Å². The van der Waals surface area contributed by atoms with Crippen molar-refractivity contribution < 1.29 is 9.90 Å². The quantitative estimate of drug-likeness (QED) is 0.916. The normalized spacial score (nSPS) is 17.0. The van der Waals surface area contributed by atoms with E-state index in [1.54, 1.807) is 0 Å². The van der Waals surface area contributed by atoms with Crippen molar-refractivity contribution in [1.29, 1.82) is 0 Å². The summed E-state index contributed by atoms with van der Waals surface area (Å²) in [6, 6.07) is 6.46. The van der Waals surface area contributed by atoms with Crippen LogP contribution >= 0.6 is 0 Å². The Labute approximate surface area is 112 Å². The van der Waals surface area contributed by atoms with Crippen molar-refractivity contribution in [2.45, 2.75) is 38.6 Å². The molecule has 1 aliphatic rings. The first kappa shape index (κ1) is 12.2. The zero-order valence-electron chi connectivity index (χ0n) is 11.2. The Balaban J connectivity index is 2.03. The summed E-state index contributed by atoms with van der Waals surface area (Å²) in [7, 11) is 0. The second-order valence-corrected chi connectivity index (χ2v) is 5.69. The summed E-state index contributed by atoms with van der Waals surface area (Å²) >= 11 is 0. The third-order valence-electron chi connectivity index (χ3n) is 3.83. The maximum atomic E-state index is 11.4. The van der Waals surface area contributed by atoms with Crippen LogP contribution in [0, 0.1) is 5.92 Å². The number of aromatic nitrogens is 2. The number of nitrogens with zero attached hydrogens (tertiary/aromatic N) is 2. The molecule has 1 atom stereocenters. The van der Waals surface area contributed by atoms with Gasteiger partial charge in [-0.3, -0.25) is 4.79 Å². The molecule has 0 aliphatic heterocycles. The molecule has 4 nitrogen and oxygen atoms in total. The Hall–Kier alpha value is -1.84. The Morgan fingerprint density at radius 3 is 2.74 bits per heavy atom. The highest BCUT2D eigenvalue weighted by molar-refractivity contribution is 5.81.